The lowest BCUT2D eigenvalue weighted by Gasteiger charge is -1.97. The van der Waals surface area contributed by atoms with Crippen molar-refractivity contribution in [2.75, 3.05) is 0 Å². The third-order valence-electron chi connectivity index (χ3n) is 1.77. The summed E-state index contributed by atoms with van der Waals surface area (Å²) in [5, 5.41) is 0. The van der Waals surface area contributed by atoms with Crippen LogP contribution in [0.3, 0.4) is 0 Å². The van der Waals surface area contributed by atoms with Gasteiger partial charge in [0.1, 0.15) is 12.0 Å². The molecule has 0 spiro atoms. The van der Waals surface area contributed by atoms with Gasteiger partial charge in [-0.15, -0.1) is 0 Å². The van der Waals surface area contributed by atoms with Crippen molar-refractivity contribution in [3.05, 3.63) is 40.9 Å². The predicted octanol–water partition coefficient (Wildman–Crippen LogP) is 3.41. The van der Waals surface area contributed by atoms with E-state index in [4.69, 9.17) is 4.42 Å². The van der Waals surface area contributed by atoms with E-state index in [1.54, 1.807) is 6.26 Å². The van der Waals surface area contributed by atoms with Crippen LogP contribution in [-0.4, -0.2) is 4.98 Å². The van der Waals surface area contributed by atoms with Crippen LogP contribution < -0.4 is 0 Å². The molecule has 0 aliphatic heterocycles. The maximum atomic E-state index is 5.14. The van der Waals surface area contributed by atoms with Crippen LogP contribution in [0.25, 0.3) is 11.3 Å². The zero-order valence-electron chi connectivity index (χ0n) is 7.12. The van der Waals surface area contributed by atoms with Crippen LogP contribution in [-0.2, 0) is 0 Å². The van der Waals surface area contributed by atoms with E-state index in [1.807, 2.05) is 31.2 Å². The second-order valence-corrected chi connectivity index (χ2v) is 3.59. The summed E-state index contributed by atoms with van der Waals surface area (Å²) in [4.78, 5) is 4.25. The second kappa shape index (κ2) is 3.34. The van der Waals surface area contributed by atoms with Crippen molar-refractivity contribution < 1.29 is 4.42 Å². The van der Waals surface area contributed by atoms with Gasteiger partial charge < -0.3 is 4.42 Å². The molecule has 0 radical (unpaired) electrons. The highest BCUT2D eigenvalue weighted by Crippen LogP contribution is 2.26. The Labute approximate surface area is 84.7 Å². The van der Waals surface area contributed by atoms with Crippen LogP contribution in [0.2, 0.25) is 0 Å². The van der Waals surface area contributed by atoms with E-state index in [2.05, 4.69) is 20.9 Å². The van der Waals surface area contributed by atoms with E-state index in [-0.39, 0.29) is 0 Å². The number of aryl methyl sites for hydroxylation is 1. The summed E-state index contributed by atoms with van der Waals surface area (Å²) >= 11 is 3.46. The fraction of sp³-hybridized carbons (Fsp3) is 0.100. The Hall–Kier alpha value is -1.09. The molecule has 2 nitrogen and oxygen atoms in total. The third-order valence-corrected chi connectivity index (χ3v) is 2.46. The lowest BCUT2D eigenvalue weighted by molar-refractivity contribution is 0.521. The van der Waals surface area contributed by atoms with Gasteiger partial charge in [-0.05, 0) is 6.07 Å². The number of hydrogen-bond acceptors (Lipinski definition) is 2. The first-order valence-electron chi connectivity index (χ1n) is 3.94. The zero-order chi connectivity index (χ0) is 9.26. The van der Waals surface area contributed by atoms with Gasteiger partial charge in [0.15, 0.2) is 5.89 Å². The van der Waals surface area contributed by atoms with E-state index in [0.717, 1.165) is 15.7 Å². The van der Waals surface area contributed by atoms with Gasteiger partial charge in [-0.2, -0.15) is 0 Å². The lowest BCUT2D eigenvalue weighted by Crippen LogP contribution is -1.79. The summed E-state index contributed by atoms with van der Waals surface area (Å²) in [7, 11) is 0. The zero-order valence-corrected chi connectivity index (χ0v) is 8.71. The van der Waals surface area contributed by atoms with Crippen LogP contribution >= 0.6 is 15.9 Å². The van der Waals surface area contributed by atoms with Gasteiger partial charge in [0, 0.05) is 17.0 Å². The number of oxazole rings is 1. The largest absolute Gasteiger partial charge is 0.449 e. The van der Waals surface area contributed by atoms with Gasteiger partial charge in [0.25, 0.3) is 0 Å². The monoisotopic (exact) mass is 237 g/mol. The van der Waals surface area contributed by atoms with Gasteiger partial charge in [-0.1, -0.05) is 34.1 Å². The fourth-order valence-corrected chi connectivity index (χ4v) is 1.64. The smallest absolute Gasteiger partial charge is 0.191 e. The van der Waals surface area contributed by atoms with Crippen molar-refractivity contribution in [3.63, 3.8) is 0 Å². The first kappa shape index (κ1) is 8.51. The molecule has 2 rings (SSSR count). The Kier molecular flexibility index (Phi) is 2.19. The summed E-state index contributed by atoms with van der Waals surface area (Å²) < 4.78 is 6.17. The van der Waals surface area contributed by atoms with Crippen molar-refractivity contribution in [1.29, 1.82) is 0 Å². The third kappa shape index (κ3) is 1.65. The summed E-state index contributed by atoms with van der Waals surface area (Å²) in [6.45, 7) is 1.83. The Balaban J connectivity index is 2.52. The number of aromatic nitrogens is 1. The first-order chi connectivity index (χ1) is 6.27. The van der Waals surface area contributed by atoms with Crippen LogP contribution in [0.1, 0.15) is 5.89 Å². The quantitative estimate of drug-likeness (QED) is 0.760. The van der Waals surface area contributed by atoms with Gasteiger partial charge >= 0.3 is 0 Å². The molecule has 0 aliphatic rings. The molecule has 66 valence electrons. The van der Waals surface area contributed by atoms with Gasteiger partial charge in [-0.3, -0.25) is 0 Å². The molecule has 0 bridgehead atoms. The lowest BCUT2D eigenvalue weighted by atomic mass is 10.2. The molecule has 3 heteroatoms. The van der Waals surface area contributed by atoms with E-state index in [0.29, 0.717) is 5.89 Å². The molecule has 1 heterocycles. The maximum absolute atomic E-state index is 5.14. The number of nitrogens with zero attached hydrogens (tertiary/aromatic N) is 1. The van der Waals surface area contributed by atoms with Crippen molar-refractivity contribution in [2.24, 2.45) is 0 Å². The molecule has 1 aromatic carbocycles. The van der Waals surface area contributed by atoms with Crippen LogP contribution in [0.15, 0.2) is 39.4 Å². The Morgan fingerprint density at radius 3 is 2.69 bits per heavy atom. The van der Waals surface area contributed by atoms with Crippen molar-refractivity contribution in [3.8, 4) is 11.3 Å². The molecule has 0 amide bonds. The highest BCUT2D eigenvalue weighted by molar-refractivity contribution is 9.10. The number of hydrogen-bond donors (Lipinski definition) is 0. The number of rotatable bonds is 1. The molecule has 0 fully saturated rings. The summed E-state index contributed by atoms with van der Waals surface area (Å²) in [5.41, 5.74) is 1.92. The Morgan fingerprint density at radius 2 is 2.08 bits per heavy atom. The molecular weight excluding hydrogens is 230 g/mol. The average molecular weight is 238 g/mol. The number of halogens is 1. The van der Waals surface area contributed by atoms with Crippen LogP contribution in [0.5, 0.6) is 0 Å². The molecule has 1 aromatic heterocycles. The van der Waals surface area contributed by atoms with Crippen molar-refractivity contribution >= 4 is 15.9 Å². The van der Waals surface area contributed by atoms with Crippen LogP contribution in [0, 0.1) is 6.92 Å². The SMILES string of the molecule is Cc1nc(-c2ccccc2Br)co1. The van der Waals surface area contributed by atoms with Crippen molar-refractivity contribution in [2.45, 2.75) is 6.92 Å². The minimum Gasteiger partial charge on any atom is -0.449 e. The topological polar surface area (TPSA) is 26.0 Å². The van der Waals surface area contributed by atoms with E-state index in [1.165, 1.54) is 0 Å². The molecule has 0 saturated heterocycles. The number of benzene rings is 1. The Morgan fingerprint density at radius 1 is 1.31 bits per heavy atom. The highest BCUT2D eigenvalue weighted by Gasteiger charge is 2.05. The van der Waals surface area contributed by atoms with Gasteiger partial charge in [0.2, 0.25) is 0 Å². The summed E-state index contributed by atoms with van der Waals surface area (Å²) in [6, 6.07) is 7.94. The minimum absolute atomic E-state index is 0.686. The van der Waals surface area contributed by atoms with Gasteiger partial charge in [-0.25, -0.2) is 4.98 Å². The standard InChI is InChI=1S/C10H8BrNO/c1-7-12-10(6-13-7)8-4-2-3-5-9(8)11/h2-6H,1H3. The van der Waals surface area contributed by atoms with Crippen LogP contribution in [0.4, 0.5) is 0 Å². The molecule has 0 saturated carbocycles. The summed E-state index contributed by atoms with van der Waals surface area (Å²) in [5.74, 6) is 0.686. The van der Waals surface area contributed by atoms with E-state index >= 15 is 0 Å². The Bertz CT molecular complexity index is 422. The predicted molar refractivity (Wildman–Crippen MR) is 54.4 cm³/mol. The fourth-order valence-electron chi connectivity index (χ4n) is 1.16. The minimum atomic E-state index is 0.686. The molecule has 0 atom stereocenters. The molecule has 13 heavy (non-hydrogen) atoms. The second-order valence-electron chi connectivity index (χ2n) is 2.73. The first-order valence-corrected chi connectivity index (χ1v) is 4.74. The maximum Gasteiger partial charge on any atom is 0.191 e. The van der Waals surface area contributed by atoms with Crippen molar-refractivity contribution in [1.82, 2.24) is 4.98 Å². The molecule has 0 unspecified atom stereocenters. The van der Waals surface area contributed by atoms with E-state index < -0.39 is 0 Å². The summed E-state index contributed by atoms with van der Waals surface area (Å²) in [6.07, 6.45) is 1.66. The van der Waals surface area contributed by atoms with Gasteiger partial charge in [0.05, 0.1) is 0 Å². The average Bonchev–Trinajstić information content (AvgIpc) is 2.53. The molecule has 0 aliphatic carbocycles. The normalized spacial score (nSPS) is 10.3. The molecule has 0 N–H and O–H groups in total. The molecule has 2 aromatic rings. The molecular formula is C10H8BrNO. The van der Waals surface area contributed by atoms with E-state index in [9.17, 15) is 0 Å². The highest BCUT2D eigenvalue weighted by atomic mass is 79.9.